The number of anilines is 1. The van der Waals surface area contributed by atoms with Gasteiger partial charge in [-0.1, -0.05) is 23.5 Å². The van der Waals surface area contributed by atoms with Crippen molar-refractivity contribution in [1.29, 1.82) is 0 Å². The van der Waals surface area contributed by atoms with Crippen molar-refractivity contribution in [3.8, 4) is 22.9 Å². The van der Waals surface area contributed by atoms with Crippen LogP contribution in [-0.4, -0.2) is 39.4 Å². The molecule has 0 spiro atoms. The zero-order valence-corrected chi connectivity index (χ0v) is 16.1. The molecule has 0 atom stereocenters. The fourth-order valence-electron chi connectivity index (χ4n) is 2.69. The van der Waals surface area contributed by atoms with E-state index in [1.165, 1.54) is 11.3 Å². The fraction of sp³-hybridized carbons (Fsp3) is 0.158. The highest BCUT2D eigenvalue weighted by atomic mass is 32.1. The zero-order chi connectivity index (χ0) is 19.5. The van der Waals surface area contributed by atoms with Crippen molar-refractivity contribution in [3.05, 3.63) is 54.1 Å². The van der Waals surface area contributed by atoms with Gasteiger partial charge in [-0.2, -0.15) is 4.52 Å². The summed E-state index contributed by atoms with van der Waals surface area (Å²) in [5, 5.41) is 16.0. The molecule has 1 N–H and O–H groups in total. The second-order valence-electron chi connectivity index (χ2n) is 5.74. The van der Waals surface area contributed by atoms with E-state index in [-0.39, 0.29) is 5.91 Å². The van der Waals surface area contributed by atoms with Gasteiger partial charge in [-0.3, -0.25) is 10.1 Å². The van der Waals surface area contributed by atoms with Gasteiger partial charge in [0.2, 0.25) is 10.1 Å². The molecule has 1 amide bonds. The summed E-state index contributed by atoms with van der Waals surface area (Å²) in [5.74, 6) is 1.58. The Labute approximate surface area is 164 Å². The molecule has 28 heavy (non-hydrogen) atoms. The number of carbonyl (C=O) groups is 1. The second kappa shape index (κ2) is 7.65. The molecule has 0 bridgehead atoms. The lowest BCUT2D eigenvalue weighted by Gasteiger charge is -2.08. The molecule has 0 aliphatic rings. The number of para-hydroxylation sites is 1. The Kier molecular flexibility index (Phi) is 4.90. The number of fused-ring (bicyclic) bond motifs is 1. The lowest BCUT2D eigenvalue weighted by atomic mass is 10.2. The number of methoxy groups -OCH3 is 1. The van der Waals surface area contributed by atoms with Crippen LogP contribution in [0.4, 0.5) is 5.13 Å². The number of aromatic nitrogens is 4. The summed E-state index contributed by atoms with van der Waals surface area (Å²) in [6.45, 7) is 2.35. The van der Waals surface area contributed by atoms with Crippen molar-refractivity contribution < 1.29 is 14.3 Å². The second-order valence-corrected chi connectivity index (χ2v) is 6.69. The molecule has 2 aromatic heterocycles. The van der Waals surface area contributed by atoms with Gasteiger partial charge in [-0.05, 0) is 43.3 Å². The number of nitrogens with one attached hydrogen (secondary N) is 1. The van der Waals surface area contributed by atoms with Crippen LogP contribution in [0.25, 0.3) is 16.3 Å². The van der Waals surface area contributed by atoms with Gasteiger partial charge in [0.15, 0.2) is 5.82 Å². The monoisotopic (exact) mass is 395 g/mol. The molecule has 8 nitrogen and oxygen atoms in total. The predicted molar refractivity (Wildman–Crippen MR) is 106 cm³/mol. The minimum Gasteiger partial charge on any atom is -0.497 e. The van der Waals surface area contributed by atoms with Gasteiger partial charge in [-0.25, -0.2) is 0 Å². The van der Waals surface area contributed by atoms with E-state index in [1.807, 2.05) is 37.3 Å². The number of hydrogen-bond donors (Lipinski definition) is 1. The number of nitrogens with zero attached hydrogens (tertiary/aromatic N) is 4. The van der Waals surface area contributed by atoms with E-state index in [0.717, 1.165) is 11.3 Å². The molecule has 0 unspecified atom stereocenters. The standard InChI is InChI=1S/C19H17N5O3S/c1-3-27-15-7-5-4-6-14(15)17(25)20-18-23-24-16(21-22-19(24)28-18)12-8-10-13(26-2)11-9-12/h4-11H,3H2,1-2H3,(H,20,23,25). The van der Waals surface area contributed by atoms with Crippen molar-refractivity contribution in [2.24, 2.45) is 0 Å². The summed E-state index contributed by atoms with van der Waals surface area (Å²) in [6.07, 6.45) is 0. The third-order valence-corrected chi connectivity index (χ3v) is 4.81. The van der Waals surface area contributed by atoms with Crippen molar-refractivity contribution in [1.82, 2.24) is 19.8 Å². The molecule has 0 saturated carbocycles. The van der Waals surface area contributed by atoms with E-state index >= 15 is 0 Å². The smallest absolute Gasteiger partial charge is 0.261 e. The summed E-state index contributed by atoms with van der Waals surface area (Å²) in [6, 6.07) is 14.5. The minimum atomic E-state index is -0.292. The number of carbonyl (C=O) groups excluding carboxylic acids is 1. The van der Waals surface area contributed by atoms with Crippen LogP contribution in [0.5, 0.6) is 11.5 Å². The van der Waals surface area contributed by atoms with Gasteiger partial charge in [0.1, 0.15) is 11.5 Å². The van der Waals surface area contributed by atoms with Crippen molar-refractivity contribution in [2.45, 2.75) is 6.92 Å². The van der Waals surface area contributed by atoms with Crippen LogP contribution in [-0.2, 0) is 0 Å². The normalized spacial score (nSPS) is 10.8. The Bertz CT molecular complexity index is 1120. The van der Waals surface area contributed by atoms with Crippen LogP contribution in [0.15, 0.2) is 48.5 Å². The third kappa shape index (κ3) is 3.39. The lowest BCUT2D eigenvalue weighted by molar-refractivity contribution is 0.102. The molecule has 142 valence electrons. The van der Waals surface area contributed by atoms with E-state index < -0.39 is 0 Å². The lowest BCUT2D eigenvalue weighted by Crippen LogP contribution is -2.13. The van der Waals surface area contributed by atoms with Gasteiger partial charge in [-0.15, -0.1) is 15.3 Å². The first-order valence-electron chi connectivity index (χ1n) is 8.59. The first kappa shape index (κ1) is 17.9. The quantitative estimate of drug-likeness (QED) is 0.537. The maximum atomic E-state index is 12.7. The highest BCUT2D eigenvalue weighted by Crippen LogP contribution is 2.26. The van der Waals surface area contributed by atoms with Crippen LogP contribution < -0.4 is 14.8 Å². The van der Waals surface area contributed by atoms with Crippen molar-refractivity contribution in [2.75, 3.05) is 19.0 Å². The van der Waals surface area contributed by atoms with Crippen LogP contribution in [0, 0.1) is 0 Å². The van der Waals surface area contributed by atoms with Gasteiger partial charge in [0.25, 0.3) is 5.91 Å². The first-order valence-corrected chi connectivity index (χ1v) is 9.41. The van der Waals surface area contributed by atoms with E-state index in [1.54, 1.807) is 29.8 Å². The molecule has 9 heteroatoms. The number of rotatable bonds is 6. The summed E-state index contributed by atoms with van der Waals surface area (Å²) in [5.41, 5.74) is 1.30. The summed E-state index contributed by atoms with van der Waals surface area (Å²) in [4.78, 5) is 13.2. The minimum absolute atomic E-state index is 0.292. The predicted octanol–water partition coefficient (Wildman–Crippen LogP) is 3.51. The van der Waals surface area contributed by atoms with E-state index in [4.69, 9.17) is 9.47 Å². The number of benzene rings is 2. The number of amides is 1. The first-order chi connectivity index (χ1) is 13.7. The fourth-order valence-corrected chi connectivity index (χ4v) is 3.42. The number of hydrogen-bond acceptors (Lipinski definition) is 7. The van der Waals surface area contributed by atoms with E-state index in [2.05, 4.69) is 20.6 Å². The molecular weight excluding hydrogens is 378 g/mol. The Morgan fingerprint density at radius 3 is 2.68 bits per heavy atom. The third-order valence-electron chi connectivity index (χ3n) is 3.99. The largest absolute Gasteiger partial charge is 0.497 e. The van der Waals surface area contributed by atoms with Crippen LogP contribution in [0.3, 0.4) is 0 Å². The topological polar surface area (TPSA) is 90.6 Å². The highest BCUT2D eigenvalue weighted by molar-refractivity contribution is 7.20. The SMILES string of the molecule is CCOc1ccccc1C(=O)Nc1nn2c(-c3ccc(OC)cc3)nnc2s1. The maximum absolute atomic E-state index is 12.7. The molecule has 0 aliphatic carbocycles. The average Bonchev–Trinajstić information content (AvgIpc) is 3.29. The summed E-state index contributed by atoms with van der Waals surface area (Å²) < 4.78 is 12.3. The van der Waals surface area contributed by atoms with Gasteiger partial charge in [0.05, 0.1) is 19.3 Å². The molecule has 0 fully saturated rings. The van der Waals surface area contributed by atoms with Gasteiger partial charge in [0, 0.05) is 5.56 Å². The highest BCUT2D eigenvalue weighted by Gasteiger charge is 2.17. The average molecular weight is 395 g/mol. The molecule has 0 aliphatic heterocycles. The molecular formula is C19H17N5O3S. The van der Waals surface area contributed by atoms with Crippen LogP contribution >= 0.6 is 11.3 Å². The van der Waals surface area contributed by atoms with E-state index in [9.17, 15) is 4.79 Å². The van der Waals surface area contributed by atoms with Gasteiger partial charge < -0.3 is 9.47 Å². The molecule has 4 aromatic rings. The Balaban J connectivity index is 1.60. The maximum Gasteiger partial charge on any atom is 0.261 e. The van der Waals surface area contributed by atoms with E-state index in [0.29, 0.717) is 33.8 Å². The number of ether oxygens (including phenoxy) is 2. The Morgan fingerprint density at radius 1 is 1.14 bits per heavy atom. The summed E-state index contributed by atoms with van der Waals surface area (Å²) >= 11 is 1.24. The summed E-state index contributed by atoms with van der Waals surface area (Å²) in [7, 11) is 1.61. The molecule has 4 rings (SSSR count). The Morgan fingerprint density at radius 2 is 1.93 bits per heavy atom. The Hall–Kier alpha value is -3.46. The molecule has 2 heterocycles. The molecule has 0 radical (unpaired) electrons. The molecule has 0 saturated heterocycles. The van der Waals surface area contributed by atoms with Gasteiger partial charge >= 0.3 is 0 Å². The van der Waals surface area contributed by atoms with Crippen LogP contribution in [0.1, 0.15) is 17.3 Å². The van der Waals surface area contributed by atoms with Crippen LogP contribution in [0.2, 0.25) is 0 Å². The van der Waals surface area contributed by atoms with Crippen molar-refractivity contribution in [3.63, 3.8) is 0 Å². The zero-order valence-electron chi connectivity index (χ0n) is 15.2. The molecule has 2 aromatic carbocycles. The van der Waals surface area contributed by atoms with Crippen molar-refractivity contribution >= 4 is 27.3 Å².